The van der Waals surface area contributed by atoms with Crippen LogP contribution in [0.1, 0.15) is 64.7 Å². The largest absolute Gasteiger partial charge is 0.550 e. The maximum atomic E-state index is 10.2. The monoisotopic (exact) mass is 309 g/mol. The van der Waals surface area contributed by atoms with Crippen molar-refractivity contribution in [1.82, 2.24) is 0 Å². The molecule has 1 N–H and O–H groups in total. The summed E-state index contributed by atoms with van der Waals surface area (Å²) in [6, 6.07) is 0. The van der Waals surface area contributed by atoms with Crippen molar-refractivity contribution < 1.29 is 19.7 Å². The van der Waals surface area contributed by atoms with Gasteiger partial charge in [-0.1, -0.05) is 50.5 Å². The number of aliphatic carboxylic acids is 1. The first-order valence-corrected chi connectivity index (χ1v) is 8.16. The first-order valence-electron chi connectivity index (χ1n) is 8.16. The van der Waals surface area contributed by atoms with Gasteiger partial charge < -0.3 is 19.7 Å². The van der Waals surface area contributed by atoms with E-state index < -0.39 is 12.3 Å². The highest BCUT2D eigenvalue weighted by Gasteiger charge is 1.96. The van der Waals surface area contributed by atoms with E-state index in [9.17, 15) is 15.0 Å². The minimum absolute atomic E-state index is 0.171. The molecule has 0 aliphatic rings. The standard InChI is InChI=1S/C18H30O4/c1-2-3-11-15-18(21)22-16-13-10-8-6-4-5-7-9-12-14-17(19)20/h3,8,10-11,13,16,18,21H,2,4-7,9,12,14-15H2,1H3,(H,19,20)/p-1/b10-8-,11-3-,16-13+. The zero-order chi connectivity index (χ0) is 16.5. The Hall–Kier alpha value is -1.55. The fourth-order valence-corrected chi connectivity index (χ4v) is 1.85. The van der Waals surface area contributed by atoms with Crippen LogP contribution in [0.25, 0.3) is 0 Å². The summed E-state index contributed by atoms with van der Waals surface area (Å²) in [7, 11) is 0. The van der Waals surface area contributed by atoms with E-state index in [1.807, 2.05) is 25.2 Å². The fourth-order valence-electron chi connectivity index (χ4n) is 1.85. The number of carboxylic acid groups (broad SMARTS) is 1. The van der Waals surface area contributed by atoms with E-state index >= 15 is 0 Å². The van der Waals surface area contributed by atoms with E-state index in [1.165, 1.54) is 6.26 Å². The topological polar surface area (TPSA) is 69.6 Å². The van der Waals surface area contributed by atoms with Gasteiger partial charge in [0.15, 0.2) is 6.29 Å². The van der Waals surface area contributed by atoms with Crippen LogP contribution < -0.4 is 5.11 Å². The van der Waals surface area contributed by atoms with Crippen molar-refractivity contribution in [2.45, 2.75) is 71.0 Å². The van der Waals surface area contributed by atoms with Crippen LogP contribution in [0.3, 0.4) is 0 Å². The van der Waals surface area contributed by atoms with Gasteiger partial charge in [0.05, 0.1) is 6.26 Å². The molecule has 0 rings (SSSR count). The molecule has 4 heteroatoms. The number of carboxylic acids is 1. The molecule has 1 atom stereocenters. The number of aliphatic hydroxyl groups excluding tert-OH is 1. The highest BCUT2D eigenvalue weighted by molar-refractivity contribution is 5.63. The molecule has 0 aliphatic heterocycles. The third kappa shape index (κ3) is 16.5. The minimum atomic E-state index is -0.955. The molecule has 0 saturated carbocycles. The van der Waals surface area contributed by atoms with Crippen molar-refractivity contribution in [2.24, 2.45) is 0 Å². The molecule has 126 valence electrons. The molecule has 0 fully saturated rings. The van der Waals surface area contributed by atoms with Crippen LogP contribution in [-0.4, -0.2) is 17.4 Å². The summed E-state index contributed by atoms with van der Waals surface area (Å²) >= 11 is 0. The van der Waals surface area contributed by atoms with Crippen LogP contribution in [0, 0.1) is 0 Å². The Kier molecular flexibility index (Phi) is 14.7. The third-order valence-electron chi connectivity index (χ3n) is 3.05. The zero-order valence-corrected chi connectivity index (χ0v) is 13.6. The quantitative estimate of drug-likeness (QED) is 0.176. The van der Waals surface area contributed by atoms with Crippen LogP contribution in [0.15, 0.2) is 36.6 Å². The fraction of sp³-hybridized carbons (Fsp3) is 0.611. The number of hydrogen-bond donors (Lipinski definition) is 1. The molecule has 0 aromatic rings. The highest BCUT2D eigenvalue weighted by atomic mass is 16.6. The van der Waals surface area contributed by atoms with Crippen LogP contribution in [0.4, 0.5) is 0 Å². The Labute approximate surface area is 134 Å². The molecular weight excluding hydrogens is 280 g/mol. The van der Waals surface area contributed by atoms with Gasteiger partial charge in [-0.3, -0.25) is 0 Å². The minimum Gasteiger partial charge on any atom is -0.550 e. The normalized spacial score (nSPS) is 13.4. The lowest BCUT2D eigenvalue weighted by molar-refractivity contribution is -0.305. The Balaban J connectivity index is 3.41. The first kappa shape index (κ1) is 20.5. The van der Waals surface area contributed by atoms with E-state index in [0.717, 1.165) is 38.5 Å². The molecule has 0 saturated heterocycles. The Bertz CT molecular complexity index is 345. The lowest BCUT2D eigenvalue weighted by Crippen LogP contribution is -2.21. The number of carbonyl (C=O) groups excluding carboxylic acids is 1. The van der Waals surface area contributed by atoms with Gasteiger partial charge in [-0.15, -0.1) is 0 Å². The summed E-state index contributed by atoms with van der Waals surface area (Å²) in [6.45, 7) is 2.04. The van der Waals surface area contributed by atoms with Crippen LogP contribution in [0.2, 0.25) is 0 Å². The van der Waals surface area contributed by atoms with Crippen molar-refractivity contribution in [3.63, 3.8) is 0 Å². The number of carbonyl (C=O) groups is 1. The summed E-state index contributed by atoms with van der Waals surface area (Å²) in [5.41, 5.74) is 0. The number of rotatable bonds is 14. The Morgan fingerprint density at radius 3 is 2.55 bits per heavy atom. The molecule has 0 aliphatic carbocycles. The molecule has 0 spiro atoms. The number of aliphatic hydroxyl groups is 1. The van der Waals surface area contributed by atoms with Gasteiger partial charge in [-0.05, 0) is 38.2 Å². The van der Waals surface area contributed by atoms with Crippen molar-refractivity contribution in [1.29, 1.82) is 0 Å². The maximum Gasteiger partial charge on any atom is 0.199 e. The van der Waals surface area contributed by atoms with Crippen LogP contribution in [-0.2, 0) is 9.53 Å². The van der Waals surface area contributed by atoms with E-state index in [0.29, 0.717) is 12.8 Å². The van der Waals surface area contributed by atoms with E-state index in [-0.39, 0.29) is 6.42 Å². The van der Waals surface area contributed by atoms with Crippen molar-refractivity contribution in [2.75, 3.05) is 0 Å². The first-order chi connectivity index (χ1) is 10.7. The lowest BCUT2D eigenvalue weighted by Gasteiger charge is -2.05. The highest BCUT2D eigenvalue weighted by Crippen LogP contribution is 2.07. The number of unbranched alkanes of at least 4 members (excludes halogenated alkanes) is 5. The molecule has 0 aromatic heterocycles. The molecular formula is C18H29O4-. The molecule has 0 radical (unpaired) electrons. The van der Waals surface area contributed by atoms with Crippen LogP contribution >= 0.6 is 0 Å². The molecule has 4 nitrogen and oxygen atoms in total. The third-order valence-corrected chi connectivity index (χ3v) is 3.05. The van der Waals surface area contributed by atoms with Crippen molar-refractivity contribution in [3.05, 3.63) is 36.6 Å². The average Bonchev–Trinajstić information content (AvgIpc) is 2.48. The van der Waals surface area contributed by atoms with Crippen molar-refractivity contribution in [3.8, 4) is 0 Å². The smallest absolute Gasteiger partial charge is 0.199 e. The molecule has 22 heavy (non-hydrogen) atoms. The molecule has 0 aromatic carbocycles. The lowest BCUT2D eigenvalue weighted by atomic mass is 10.1. The van der Waals surface area contributed by atoms with Gasteiger partial charge in [-0.2, -0.15) is 0 Å². The van der Waals surface area contributed by atoms with Crippen molar-refractivity contribution >= 4 is 5.97 Å². The predicted octanol–water partition coefficient (Wildman–Crippen LogP) is 3.23. The van der Waals surface area contributed by atoms with E-state index in [4.69, 9.17) is 4.74 Å². The number of hydrogen-bond acceptors (Lipinski definition) is 4. The summed E-state index contributed by atoms with van der Waals surface area (Å²) in [6.07, 6.45) is 17.9. The maximum absolute atomic E-state index is 10.2. The predicted molar refractivity (Wildman–Crippen MR) is 86.7 cm³/mol. The van der Waals surface area contributed by atoms with E-state index in [2.05, 4.69) is 6.08 Å². The summed E-state index contributed by atoms with van der Waals surface area (Å²) in [5.74, 6) is -0.955. The molecule has 0 bridgehead atoms. The van der Waals surface area contributed by atoms with Gasteiger partial charge in [-0.25, -0.2) is 0 Å². The second-order valence-electron chi connectivity index (χ2n) is 5.14. The second-order valence-corrected chi connectivity index (χ2v) is 5.14. The Morgan fingerprint density at radius 2 is 1.82 bits per heavy atom. The van der Waals surface area contributed by atoms with Gasteiger partial charge in [0.1, 0.15) is 0 Å². The number of allylic oxidation sites excluding steroid dienone is 4. The molecule has 1 unspecified atom stereocenters. The zero-order valence-electron chi connectivity index (χ0n) is 13.6. The summed E-state index contributed by atoms with van der Waals surface area (Å²) in [4.78, 5) is 10.2. The summed E-state index contributed by atoms with van der Waals surface area (Å²) in [5, 5.41) is 19.7. The Morgan fingerprint density at radius 1 is 1.09 bits per heavy atom. The van der Waals surface area contributed by atoms with Crippen LogP contribution in [0.5, 0.6) is 0 Å². The van der Waals surface area contributed by atoms with E-state index in [1.54, 1.807) is 6.08 Å². The summed E-state index contributed by atoms with van der Waals surface area (Å²) < 4.78 is 5.10. The SMILES string of the molecule is CC/C=C\CC(O)O/C=C/C=C\CCCCCCCC(=O)[O-]. The second kappa shape index (κ2) is 15.8. The molecule has 0 amide bonds. The molecule has 0 heterocycles. The van der Waals surface area contributed by atoms with Gasteiger partial charge >= 0.3 is 0 Å². The van der Waals surface area contributed by atoms with Gasteiger partial charge in [0, 0.05) is 12.4 Å². The average molecular weight is 309 g/mol. The van der Waals surface area contributed by atoms with Gasteiger partial charge in [0.25, 0.3) is 0 Å². The number of ether oxygens (including phenoxy) is 1. The van der Waals surface area contributed by atoms with Gasteiger partial charge in [0.2, 0.25) is 0 Å².